The molecule has 4 rings (SSSR count). The lowest BCUT2D eigenvalue weighted by Gasteiger charge is -2.11. The predicted molar refractivity (Wildman–Crippen MR) is 134 cm³/mol. The van der Waals surface area contributed by atoms with Crippen molar-refractivity contribution in [3.8, 4) is 23.3 Å². The Hall–Kier alpha value is -4.83. The van der Waals surface area contributed by atoms with Crippen LogP contribution in [0.5, 0.6) is 17.2 Å². The molecule has 0 aliphatic heterocycles. The molecule has 0 heterocycles. The van der Waals surface area contributed by atoms with Gasteiger partial charge in [0.2, 0.25) is 0 Å². The van der Waals surface area contributed by atoms with Crippen molar-refractivity contribution in [2.24, 2.45) is 5.10 Å². The largest absolute Gasteiger partial charge is 0.496 e. The first-order valence-electron chi connectivity index (χ1n) is 10.9. The van der Waals surface area contributed by atoms with Gasteiger partial charge in [-0.2, -0.15) is 10.4 Å². The van der Waals surface area contributed by atoms with Crippen LogP contribution in [-0.4, -0.2) is 25.8 Å². The maximum Gasteiger partial charge on any atom is 0.277 e. The van der Waals surface area contributed by atoms with Crippen LogP contribution in [0.1, 0.15) is 16.7 Å². The number of amides is 1. The lowest BCUT2D eigenvalue weighted by Crippen LogP contribution is -2.24. The number of rotatable bonds is 9. The lowest BCUT2D eigenvalue weighted by atomic mass is 10.1. The normalized spacial score (nSPS) is 10.6. The Labute approximate surface area is 203 Å². The summed E-state index contributed by atoms with van der Waals surface area (Å²) < 4.78 is 16.8. The second-order valence-electron chi connectivity index (χ2n) is 7.59. The van der Waals surface area contributed by atoms with Crippen LogP contribution in [0.25, 0.3) is 10.8 Å². The van der Waals surface area contributed by atoms with Crippen LogP contribution in [0.15, 0.2) is 90.0 Å². The fraction of sp³-hybridized carbons (Fsp3) is 0.107. The molecule has 174 valence electrons. The molecule has 4 aromatic carbocycles. The van der Waals surface area contributed by atoms with Crippen molar-refractivity contribution in [1.82, 2.24) is 5.43 Å². The molecule has 0 unspecified atom stereocenters. The molecule has 0 aromatic heterocycles. The van der Waals surface area contributed by atoms with Gasteiger partial charge in [-0.25, -0.2) is 5.43 Å². The standard InChI is InChI=1S/C28H23N3O4/c1-33-27-13-8-21(14-24(27)18-34-25-10-6-20(16-29)7-11-25)17-30-31-28(32)19-35-26-12-9-22-4-2-3-5-23(22)15-26/h2-15,17H,18-19H2,1H3,(H,31,32)/b30-17-. The molecule has 0 radical (unpaired) electrons. The van der Waals surface area contributed by atoms with Gasteiger partial charge in [0.1, 0.15) is 23.9 Å². The highest BCUT2D eigenvalue weighted by Crippen LogP contribution is 2.22. The van der Waals surface area contributed by atoms with Gasteiger partial charge in [-0.15, -0.1) is 0 Å². The van der Waals surface area contributed by atoms with Crippen LogP contribution in [-0.2, 0) is 11.4 Å². The minimum absolute atomic E-state index is 0.151. The highest BCUT2D eigenvalue weighted by atomic mass is 16.5. The van der Waals surface area contributed by atoms with Crippen LogP contribution in [0, 0.1) is 11.3 Å². The van der Waals surface area contributed by atoms with E-state index in [0.29, 0.717) is 22.8 Å². The Bertz CT molecular complexity index is 1390. The summed E-state index contributed by atoms with van der Waals surface area (Å²) in [6.07, 6.45) is 1.54. The molecule has 0 aliphatic carbocycles. The molecule has 0 spiro atoms. The number of nitriles is 1. The third-order valence-electron chi connectivity index (χ3n) is 5.18. The number of nitrogens with zero attached hydrogens (tertiary/aromatic N) is 2. The molecule has 1 N–H and O–H groups in total. The molecular weight excluding hydrogens is 442 g/mol. The van der Waals surface area contributed by atoms with Gasteiger partial charge in [-0.3, -0.25) is 4.79 Å². The first-order chi connectivity index (χ1) is 17.1. The molecule has 0 aliphatic rings. The third kappa shape index (κ3) is 6.36. The van der Waals surface area contributed by atoms with Crippen LogP contribution in [0.4, 0.5) is 0 Å². The van der Waals surface area contributed by atoms with Crippen molar-refractivity contribution < 1.29 is 19.0 Å². The van der Waals surface area contributed by atoms with Crippen molar-refractivity contribution in [2.45, 2.75) is 6.61 Å². The molecule has 1 amide bonds. The van der Waals surface area contributed by atoms with Gasteiger partial charge in [0.15, 0.2) is 6.61 Å². The smallest absolute Gasteiger partial charge is 0.277 e. The van der Waals surface area contributed by atoms with E-state index in [-0.39, 0.29) is 19.1 Å². The summed E-state index contributed by atoms with van der Waals surface area (Å²) in [6, 6.07) is 28.1. The summed E-state index contributed by atoms with van der Waals surface area (Å²) in [5, 5.41) is 15.1. The minimum atomic E-state index is -0.368. The van der Waals surface area contributed by atoms with Crippen LogP contribution in [0.3, 0.4) is 0 Å². The molecule has 0 fully saturated rings. The Morgan fingerprint density at radius 1 is 0.943 bits per heavy atom. The number of hydrogen-bond acceptors (Lipinski definition) is 6. The molecule has 0 bridgehead atoms. The SMILES string of the molecule is COc1ccc(/C=N\NC(=O)COc2ccc3ccccc3c2)cc1COc1ccc(C#N)cc1. The molecule has 35 heavy (non-hydrogen) atoms. The van der Waals surface area contributed by atoms with Crippen LogP contribution < -0.4 is 19.6 Å². The number of fused-ring (bicyclic) bond motifs is 1. The van der Waals surface area contributed by atoms with Gasteiger partial charge >= 0.3 is 0 Å². The lowest BCUT2D eigenvalue weighted by molar-refractivity contribution is -0.123. The van der Waals surface area contributed by atoms with Crippen molar-refractivity contribution >= 4 is 22.9 Å². The Morgan fingerprint density at radius 2 is 1.71 bits per heavy atom. The highest BCUT2D eigenvalue weighted by Gasteiger charge is 2.06. The molecule has 7 nitrogen and oxygen atoms in total. The summed E-state index contributed by atoms with van der Waals surface area (Å²) in [4.78, 5) is 12.1. The second kappa shape index (κ2) is 11.3. The Morgan fingerprint density at radius 3 is 2.49 bits per heavy atom. The van der Waals surface area contributed by atoms with E-state index in [2.05, 4.69) is 16.6 Å². The zero-order chi connectivity index (χ0) is 24.5. The predicted octanol–water partition coefficient (Wildman–Crippen LogP) is 4.83. The zero-order valence-electron chi connectivity index (χ0n) is 19.1. The Kier molecular flexibility index (Phi) is 7.56. The number of methoxy groups -OCH3 is 1. The van der Waals surface area contributed by atoms with E-state index < -0.39 is 0 Å². The molecule has 0 saturated carbocycles. The van der Waals surface area contributed by atoms with Gasteiger partial charge in [0.25, 0.3) is 5.91 Å². The maximum atomic E-state index is 12.1. The van der Waals surface area contributed by atoms with E-state index in [1.807, 2.05) is 60.7 Å². The van der Waals surface area contributed by atoms with Crippen LogP contribution >= 0.6 is 0 Å². The second-order valence-corrected chi connectivity index (χ2v) is 7.59. The average molecular weight is 466 g/mol. The van der Waals surface area contributed by atoms with E-state index in [1.165, 1.54) is 0 Å². The number of nitrogens with one attached hydrogen (secondary N) is 1. The topological polar surface area (TPSA) is 92.9 Å². The van der Waals surface area contributed by atoms with E-state index in [1.54, 1.807) is 37.6 Å². The molecule has 0 atom stereocenters. The summed E-state index contributed by atoms with van der Waals surface area (Å²) in [5.74, 6) is 1.56. The van der Waals surface area contributed by atoms with Gasteiger partial charge in [-0.1, -0.05) is 30.3 Å². The molecule has 7 heteroatoms. The highest BCUT2D eigenvalue weighted by molar-refractivity contribution is 5.85. The number of hydrazone groups is 1. The molecular formula is C28H23N3O4. The van der Waals surface area contributed by atoms with Crippen molar-refractivity contribution in [3.63, 3.8) is 0 Å². The number of carbonyl (C=O) groups excluding carboxylic acids is 1. The maximum absolute atomic E-state index is 12.1. The summed E-state index contributed by atoms with van der Waals surface area (Å²) in [5.41, 5.74) is 4.62. The number of hydrogen-bond donors (Lipinski definition) is 1. The van der Waals surface area contributed by atoms with Gasteiger partial charge in [0, 0.05) is 5.56 Å². The van der Waals surface area contributed by atoms with E-state index in [9.17, 15) is 4.79 Å². The van der Waals surface area contributed by atoms with Gasteiger partial charge in [0.05, 0.1) is 25.0 Å². The van der Waals surface area contributed by atoms with Gasteiger partial charge in [-0.05, 0) is 70.9 Å². The first-order valence-corrected chi connectivity index (χ1v) is 10.9. The van der Waals surface area contributed by atoms with Crippen molar-refractivity contribution in [2.75, 3.05) is 13.7 Å². The van der Waals surface area contributed by atoms with E-state index >= 15 is 0 Å². The van der Waals surface area contributed by atoms with E-state index in [4.69, 9.17) is 19.5 Å². The minimum Gasteiger partial charge on any atom is -0.496 e. The number of ether oxygens (including phenoxy) is 3. The molecule has 4 aromatic rings. The third-order valence-corrected chi connectivity index (χ3v) is 5.18. The molecule has 0 saturated heterocycles. The monoisotopic (exact) mass is 465 g/mol. The van der Waals surface area contributed by atoms with Crippen molar-refractivity contribution in [3.05, 3.63) is 102 Å². The summed E-state index contributed by atoms with van der Waals surface area (Å²) >= 11 is 0. The average Bonchev–Trinajstić information content (AvgIpc) is 2.91. The van der Waals surface area contributed by atoms with Crippen LogP contribution in [0.2, 0.25) is 0 Å². The fourth-order valence-electron chi connectivity index (χ4n) is 3.40. The van der Waals surface area contributed by atoms with E-state index in [0.717, 1.165) is 21.9 Å². The summed E-state index contributed by atoms with van der Waals surface area (Å²) in [7, 11) is 1.59. The Balaban J connectivity index is 1.31. The fourth-order valence-corrected chi connectivity index (χ4v) is 3.40. The summed E-state index contributed by atoms with van der Waals surface area (Å²) in [6.45, 7) is 0.116. The number of benzene rings is 4. The van der Waals surface area contributed by atoms with Gasteiger partial charge < -0.3 is 14.2 Å². The number of carbonyl (C=O) groups is 1. The zero-order valence-corrected chi connectivity index (χ0v) is 19.1. The van der Waals surface area contributed by atoms with Crippen molar-refractivity contribution in [1.29, 1.82) is 5.26 Å². The quantitative estimate of drug-likeness (QED) is 0.282. The first kappa shape index (κ1) is 23.3.